The summed E-state index contributed by atoms with van der Waals surface area (Å²) >= 11 is 0. The summed E-state index contributed by atoms with van der Waals surface area (Å²) in [6.07, 6.45) is 1.94. The van der Waals surface area contributed by atoms with Crippen molar-refractivity contribution in [1.82, 2.24) is 14.5 Å². The molecule has 0 radical (unpaired) electrons. The molecular formula is C29H31N5O. The summed E-state index contributed by atoms with van der Waals surface area (Å²) in [4.78, 5) is 9.76. The number of piperazine rings is 1. The Labute approximate surface area is 207 Å². The highest BCUT2D eigenvalue weighted by atomic mass is 16.5. The molecule has 4 aromatic rings. The number of pyridine rings is 1. The molecule has 6 heteroatoms. The monoisotopic (exact) mass is 465 g/mol. The lowest BCUT2D eigenvalue weighted by molar-refractivity contribution is 0.209. The third kappa shape index (κ3) is 4.36. The number of nitrogens with zero attached hydrogens (tertiary/aromatic N) is 5. The van der Waals surface area contributed by atoms with Gasteiger partial charge in [-0.15, -0.1) is 0 Å². The van der Waals surface area contributed by atoms with Gasteiger partial charge in [0.15, 0.2) is 0 Å². The Morgan fingerprint density at radius 1 is 0.914 bits per heavy atom. The Hall–Kier alpha value is -3.82. The van der Waals surface area contributed by atoms with E-state index in [2.05, 4.69) is 70.7 Å². The average Bonchev–Trinajstić information content (AvgIpc) is 3.24. The van der Waals surface area contributed by atoms with Crippen molar-refractivity contribution in [1.29, 1.82) is 5.26 Å². The minimum Gasteiger partial charge on any atom is -0.495 e. The fourth-order valence-corrected chi connectivity index (χ4v) is 4.95. The van der Waals surface area contributed by atoms with E-state index in [1.54, 1.807) is 7.11 Å². The third-order valence-electron chi connectivity index (χ3n) is 7.12. The molecule has 5 rings (SSSR count). The van der Waals surface area contributed by atoms with Gasteiger partial charge >= 0.3 is 0 Å². The lowest BCUT2D eigenvalue weighted by Gasteiger charge is -2.38. The van der Waals surface area contributed by atoms with Crippen LogP contribution in [0.1, 0.15) is 19.4 Å². The van der Waals surface area contributed by atoms with Crippen LogP contribution >= 0.6 is 0 Å². The quantitative estimate of drug-likeness (QED) is 0.399. The summed E-state index contributed by atoms with van der Waals surface area (Å²) in [6.45, 7) is 8.89. The summed E-state index contributed by atoms with van der Waals surface area (Å²) in [5, 5.41) is 9.47. The summed E-state index contributed by atoms with van der Waals surface area (Å²) in [7, 11) is 3.62. The van der Waals surface area contributed by atoms with Crippen molar-refractivity contribution in [3.05, 3.63) is 66.4 Å². The summed E-state index contributed by atoms with van der Waals surface area (Å²) in [5.74, 6) is 0.584. The molecule has 0 saturated carbocycles. The zero-order valence-corrected chi connectivity index (χ0v) is 20.8. The second-order valence-corrected chi connectivity index (χ2v) is 9.41. The third-order valence-corrected chi connectivity index (χ3v) is 7.12. The van der Waals surface area contributed by atoms with E-state index >= 15 is 0 Å². The van der Waals surface area contributed by atoms with Gasteiger partial charge in [0.1, 0.15) is 11.8 Å². The predicted octanol–water partition coefficient (Wildman–Crippen LogP) is 5.32. The standard InChI is InChI=1S/C29H31N5O/c1-20(2)33-11-13-34(14-12-33)25-8-5-21(6-9-25)24-16-28-26(31-19-24)17-27(32(28)3)22-7-10-29(35-4)23(15-22)18-30/h5-10,15-17,19-20H,11-14H2,1-4H3. The van der Waals surface area contributed by atoms with Crippen LogP contribution in [-0.2, 0) is 7.05 Å². The van der Waals surface area contributed by atoms with Crippen LogP contribution in [-0.4, -0.2) is 53.8 Å². The average molecular weight is 466 g/mol. The minimum atomic E-state index is 0.523. The van der Waals surface area contributed by atoms with Gasteiger partial charge in [0.05, 0.1) is 29.4 Å². The number of benzene rings is 2. The van der Waals surface area contributed by atoms with Crippen molar-refractivity contribution in [3.8, 4) is 34.2 Å². The van der Waals surface area contributed by atoms with Crippen molar-refractivity contribution < 1.29 is 4.74 Å². The molecule has 0 bridgehead atoms. The van der Waals surface area contributed by atoms with Crippen LogP contribution in [0.3, 0.4) is 0 Å². The first kappa shape index (κ1) is 22.9. The van der Waals surface area contributed by atoms with Crippen LogP contribution in [0, 0.1) is 11.3 Å². The number of nitriles is 1. The zero-order valence-electron chi connectivity index (χ0n) is 20.8. The number of fused-ring (bicyclic) bond motifs is 1. The van der Waals surface area contributed by atoms with Crippen molar-refractivity contribution in [2.75, 3.05) is 38.2 Å². The predicted molar refractivity (Wildman–Crippen MR) is 142 cm³/mol. The molecule has 178 valence electrons. The molecule has 1 aliphatic heterocycles. The van der Waals surface area contributed by atoms with E-state index in [9.17, 15) is 5.26 Å². The maximum absolute atomic E-state index is 9.47. The molecule has 0 unspecified atom stereocenters. The van der Waals surface area contributed by atoms with E-state index in [4.69, 9.17) is 9.72 Å². The highest BCUT2D eigenvalue weighted by Crippen LogP contribution is 2.32. The highest BCUT2D eigenvalue weighted by molar-refractivity contribution is 5.87. The van der Waals surface area contributed by atoms with Crippen LogP contribution in [0.4, 0.5) is 5.69 Å². The summed E-state index contributed by atoms with van der Waals surface area (Å²) in [6, 6.07) is 21.6. The second kappa shape index (κ2) is 9.44. The van der Waals surface area contributed by atoms with Crippen molar-refractivity contribution in [2.24, 2.45) is 7.05 Å². The molecule has 0 amide bonds. The van der Waals surface area contributed by atoms with E-state index < -0.39 is 0 Å². The van der Waals surface area contributed by atoms with Crippen LogP contribution < -0.4 is 9.64 Å². The van der Waals surface area contributed by atoms with Gasteiger partial charge in [0.2, 0.25) is 0 Å². The van der Waals surface area contributed by atoms with Gasteiger partial charge in [0, 0.05) is 56.7 Å². The van der Waals surface area contributed by atoms with E-state index in [0.717, 1.165) is 59.6 Å². The second-order valence-electron chi connectivity index (χ2n) is 9.41. The zero-order chi connectivity index (χ0) is 24.5. The first-order valence-electron chi connectivity index (χ1n) is 12.1. The lowest BCUT2D eigenvalue weighted by atomic mass is 10.1. The van der Waals surface area contributed by atoms with Gasteiger partial charge in [-0.1, -0.05) is 12.1 Å². The molecule has 2 aromatic heterocycles. The van der Waals surface area contributed by atoms with Crippen LogP contribution in [0.5, 0.6) is 5.75 Å². The van der Waals surface area contributed by atoms with Gasteiger partial charge in [-0.3, -0.25) is 9.88 Å². The van der Waals surface area contributed by atoms with Crippen LogP contribution in [0.15, 0.2) is 60.8 Å². The smallest absolute Gasteiger partial charge is 0.136 e. The molecular weight excluding hydrogens is 434 g/mol. The van der Waals surface area contributed by atoms with Gasteiger partial charge < -0.3 is 14.2 Å². The summed E-state index contributed by atoms with van der Waals surface area (Å²) in [5.41, 5.74) is 8.01. The Bertz CT molecular complexity index is 1390. The van der Waals surface area contributed by atoms with Gasteiger partial charge in [-0.2, -0.15) is 5.26 Å². The fourth-order valence-electron chi connectivity index (χ4n) is 4.95. The van der Waals surface area contributed by atoms with Gasteiger partial charge in [-0.25, -0.2) is 0 Å². The van der Waals surface area contributed by atoms with Crippen LogP contribution in [0.2, 0.25) is 0 Å². The van der Waals surface area contributed by atoms with Crippen LogP contribution in [0.25, 0.3) is 33.4 Å². The Morgan fingerprint density at radius 3 is 2.29 bits per heavy atom. The Morgan fingerprint density at radius 2 is 1.63 bits per heavy atom. The molecule has 1 saturated heterocycles. The molecule has 2 aromatic carbocycles. The maximum Gasteiger partial charge on any atom is 0.136 e. The molecule has 0 aliphatic carbocycles. The molecule has 0 atom stereocenters. The fraction of sp³-hybridized carbons (Fsp3) is 0.310. The van der Waals surface area contributed by atoms with E-state index in [1.807, 2.05) is 31.4 Å². The molecule has 35 heavy (non-hydrogen) atoms. The van der Waals surface area contributed by atoms with Crippen molar-refractivity contribution in [2.45, 2.75) is 19.9 Å². The lowest BCUT2D eigenvalue weighted by Crippen LogP contribution is -2.48. The molecule has 0 spiro atoms. The Balaban J connectivity index is 1.41. The normalized spacial score (nSPS) is 14.5. The van der Waals surface area contributed by atoms with Crippen molar-refractivity contribution >= 4 is 16.7 Å². The SMILES string of the molecule is COc1ccc(-c2cc3ncc(-c4ccc(N5CCN(C(C)C)CC5)cc4)cc3n2C)cc1C#N. The molecule has 0 N–H and O–H groups in total. The first-order valence-corrected chi connectivity index (χ1v) is 12.1. The van der Waals surface area contributed by atoms with E-state index in [1.165, 1.54) is 5.69 Å². The topological polar surface area (TPSA) is 57.3 Å². The molecule has 1 aliphatic rings. The number of ether oxygens (including phenoxy) is 1. The number of aryl methyl sites for hydroxylation is 1. The van der Waals surface area contributed by atoms with E-state index in [-0.39, 0.29) is 0 Å². The number of aromatic nitrogens is 2. The first-order chi connectivity index (χ1) is 17.0. The van der Waals surface area contributed by atoms with Crippen molar-refractivity contribution in [3.63, 3.8) is 0 Å². The summed E-state index contributed by atoms with van der Waals surface area (Å²) < 4.78 is 7.43. The number of rotatable bonds is 5. The number of methoxy groups -OCH3 is 1. The molecule has 1 fully saturated rings. The van der Waals surface area contributed by atoms with Gasteiger partial charge in [-0.05, 0) is 67.4 Å². The molecule has 3 heterocycles. The largest absolute Gasteiger partial charge is 0.495 e. The number of hydrogen-bond donors (Lipinski definition) is 0. The number of anilines is 1. The van der Waals surface area contributed by atoms with E-state index in [0.29, 0.717) is 17.4 Å². The van der Waals surface area contributed by atoms with Gasteiger partial charge in [0.25, 0.3) is 0 Å². The Kier molecular flexibility index (Phi) is 6.19. The molecule has 6 nitrogen and oxygen atoms in total. The maximum atomic E-state index is 9.47. The highest BCUT2D eigenvalue weighted by Gasteiger charge is 2.19. The minimum absolute atomic E-state index is 0.523. The number of hydrogen-bond acceptors (Lipinski definition) is 5.